The van der Waals surface area contributed by atoms with Crippen LogP contribution >= 0.6 is 0 Å². The molecule has 0 aliphatic rings. The lowest BCUT2D eigenvalue weighted by Gasteiger charge is -2.05. The van der Waals surface area contributed by atoms with Gasteiger partial charge in [-0.25, -0.2) is 0 Å². The third kappa shape index (κ3) is 2.32. The second-order valence-corrected chi connectivity index (χ2v) is 2.62. The minimum absolute atomic E-state index is 0.361. The van der Waals surface area contributed by atoms with Crippen molar-refractivity contribution in [2.75, 3.05) is 7.11 Å². The highest BCUT2D eigenvalue weighted by Crippen LogP contribution is 2.23. The van der Waals surface area contributed by atoms with E-state index in [1.165, 1.54) is 32.2 Å². The standard InChI is InChI=1S/C10H10O4/c1-7(12)14-9-4-3-8(6-11)10(5-9)13-2/h3-6H,1-2H3. The van der Waals surface area contributed by atoms with Gasteiger partial charge in [-0.1, -0.05) is 0 Å². The number of rotatable bonds is 3. The van der Waals surface area contributed by atoms with Crippen LogP contribution in [0.1, 0.15) is 17.3 Å². The third-order valence-electron chi connectivity index (χ3n) is 1.59. The van der Waals surface area contributed by atoms with Gasteiger partial charge >= 0.3 is 5.97 Å². The molecule has 0 spiro atoms. The van der Waals surface area contributed by atoms with Gasteiger partial charge in [0, 0.05) is 13.0 Å². The molecule has 0 bridgehead atoms. The van der Waals surface area contributed by atoms with Crippen LogP contribution in [-0.4, -0.2) is 19.4 Å². The molecule has 0 saturated heterocycles. The number of carbonyl (C=O) groups is 2. The summed E-state index contributed by atoms with van der Waals surface area (Å²) in [5, 5.41) is 0. The molecule has 1 aromatic carbocycles. The van der Waals surface area contributed by atoms with E-state index in [0.29, 0.717) is 23.3 Å². The summed E-state index contributed by atoms with van der Waals surface area (Å²) in [5.41, 5.74) is 0.420. The van der Waals surface area contributed by atoms with Gasteiger partial charge < -0.3 is 9.47 Å². The molecule has 0 aromatic heterocycles. The molecular weight excluding hydrogens is 184 g/mol. The molecule has 74 valence electrons. The Morgan fingerprint density at radius 3 is 2.64 bits per heavy atom. The van der Waals surface area contributed by atoms with Gasteiger partial charge in [0.1, 0.15) is 11.5 Å². The molecule has 0 unspecified atom stereocenters. The molecule has 0 aliphatic carbocycles. The van der Waals surface area contributed by atoms with E-state index in [1.54, 1.807) is 0 Å². The summed E-state index contributed by atoms with van der Waals surface area (Å²) in [4.78, 5) is 21.2. The van der Waals surface area contributed by atoms with Crippen LogP contribution in [0.15, 0.2) is 18.2 Å². The minimum Gasteiger partial charge on any atom is -0.496 e. The van der Waals surface area contributed by atoms with Crippen molar-refractivity contribution < 1.29 is 19.1 Å². The Balaban J connectivity index is 3.01. The number of carbonyl (C=O) groups excluding carboxylic acids is 2. The lowest BCUT2D eigenvalue weighted by molar-refractivity contribution is -0.131. The van der Waals surface area contributed by atoms with E-state index < -0.39 is 5.97 Å². The number of benzene rings is 1. The van der Waals surface area contributed by atoms with Crippen molar-refractivity contribution in [1.82, 2.24) is 0 Å². The molecular formula is C10H10O4. The smallest absolute Gasteiger partial charge is 0.308 e. The maximum Gasteiger partial charge on any atom is 0.308 e. The SMILES string of the molecule is COc1cc(OC(C)=O)ccc1C=O. The van der Waals surface area contributed by atoms with Crippen LogP contribution in [0, 0.1) is 0 Å². The molecule has 0 fully saturated rings. The highest BCUT2D eigenvalue weighted by atomic mass is 16.5. The topological polar surface area (TPSA) is 52.6 Å². The van der Waals surface area contributed by atoms with Gasteiger partial charge in [0.25, 0.3) is 0 Å². The molecule has 4 nitrogen and oxygen atoms in total. The number of hydrogen-bond acceptors (Lipinski definition) is 4. The lowest BCUT2D eigenvalue weighted by Crippen LogP contribution is -2.02. The van der Waals surface area contributed by atoms with Gasteiger partial charge in [-0.3, -0.25) is 9.59 Å². The van der Waals surface area contributed by atoms with E-state index in [2.05, 4.69) is 0 Å². The third-order valence-corrected chi connectivity index (χ3v) is 1.59. The predicted octanol–water partition coefficient (Wildman–Crippen LogP) is 1.43. The Kier molecular flexibility index (Phi) is 3.23. The summed E-state index contributed by atoms with van der Waals surface area (Å²) in [5.74, 6) is 0.338. The van der Waals surface area contributed by atoms with Crippen molar-refractivity contribution in [1.29, 1.82) is 0 Å². The largest absolute Gasteiger partial charge is 0.496 e. The van der Waals surface area contributed by atoms with Crippen LogP contribution in [0.3, 0.4) is 0 Å². The van der Waals surface area contributed by atoms with Crippen LogP contribution in [0.25, 0.3) is 0 Å². The van der Waals surface area contributed by atoms with Crippen molar-refractivity contribution in [3.63, 3.8) is 0 Å². The Bertz CT molecular complexity index is 357. The van der Waals surface area contributed by atoms with Crippen molar-refractivity contribution in [2.45, 2.75) is 6.92 Å². The summed E-state index contributed by atoms with van der Waals surface area (Å²) < 4.78 is 9.76. The Hall–Kier alpha value is -1.84. The molecule has 1 aromatic rings. The lowest BCUT2D eigenvalue weighted by atomic mass is 10.2. The van der Waals surface area contributed by atoms with Gasteiger partial charge in [-0.15, -0.1) is 0 Å². The van der Waals surface area contributed by atoms with E-state index >= 15 is 0 Å². The van der Waals surface area contributed by atoms with E-state index in [-0.39, 0.29) is 0 Å². The molecule has 0 aliphatic heterocycles. The fourth-order valence-corrected chi connectivity index (χ4v) is 1.02. The number of ether oxygens (including phenoxy) is 2. The predicted molar refractivity (Wildman–Crippen MR) is 49.7 cm³/mol. The monoisotopic (exact) mass is 194 g/mol. The van der Waals surface area contributed by atoms with Gasteiger partial charge in [0.15, 0.2) is 6.29 Å². The van der Waals surface area contributed by atoms with Crippen molar-refractivity contribution in [3.8, 4) is 11.5 Å². The Morgan fingerprint density at radius 2 is 2.14 bits per heavy atom. The second kappa shape index (κ2) is 4.41. The number of aldehydes is 1. The van der Waals surface area contributed by atoms with E-state index in [4.69, 9.17) is 9.47 Å². The molecule has 0 saturated carbocycles. The molecule has 0 atom stereocenters. The first-order valence-electron chi connectivity index (χ1n) is 3.99. The highest BCUT2D eigenvalue weighted by Gasteiger charge is 2.05. The van der Waals surface area contributed by atoms with Crippen LogP contribution < -0.4 is 9.47 Å². The van der Waals surface area contributed by atoms with Gasteiger partial charge in [-0.05, 0) is 12.1 Å². The average molecular weight is 194 g/mol. The first kappa shape index (κ1) is 10.2. The fraction of sp³-hybridized carbons (Fsp3) is 0.200. The first-order chi connectivity index (χ1) is 6.67. The molecule has 0 heterocycles. The molecule has 0 amide bonds. The molecule has 0 radical (unpaired) electrons. The Labute approximate surface area is 81.4 Å². The molecule has 4 heteroatoms. The van der Waals surface area contributed by atoms with Crippen molar-refractivity contribution >= 4 is 12.3 Å². The van der Waals surface area contributed by atoms with E-state index in [1.807, 2.05) is 0 Å². The normalized spacial score (nSPS) is 9.29. The maximum absolute atomic E-state index is 10.6. The second-order valence-electron chi connectivity index (χ2n) is 2.62. The number of methoxy groups -OCH3 is 1. The number of esters is 1. The fourth-order valence-electron chi connectivity index (χ4n) is 1.02. The summed E-state index contributed by atoms with van der Waals surface area (Å²) in [6.07, 6.45) is 0.677. The average Bonchev–Trinajstić information content (AvgIpc) is 2.16. The summed E-state index contributed by atoms with van der Waals surface area (Å²) in [7, 11) is 1.44. The summed E-state index contributed by atoms with van der Waals surface area (Å²) in [6, 6.07) is 4.56. The number of hydrogen-bond donors (Lipinski definition) is 0. The molecule has 0 N–H and O–H groups in total. The van der Waals surface area contributed by atoms with Crippen molar-refractivity contribution in [3.05, 3.63) is 23.8 Å². The minimum atomic E-state index is -0.411. The Morgan fingerprint density at radius 1 is 1.43 bits per heavy atom. The first-order valence-corrected chi connectivity index (χ1v) is 3.99. The van der Waals surface area contributed by atoms with Crippen LogP contribution in [0.4, 0.5) is 0 Å². The maximum atomic E-state index is 10.6. The zero-order valence-electron chi connectivity index (χ0n) is 7.94. The quantitative estimate of drug-likeness (QED) is 0.415. The molecule has 1 rings (SSSR count). The van der Waals surface area contributed by atoms with E-state index in [9.17, 15) is 9.59 Å². The zero-order valence-corrected chi connectivity index (χ0v) is 7.94. The van der Waals surface area contributed by atoms with Gasteiger partial charge in [-0.2, -0.15) is 0 Å². The molecule has 14 heavy (non-hydrogen) atoms. The van der Waals surface area contributed by atoms with Crippen LogP contribution in [-0.2, 0) is 4.79 Å². The zero-order chi connectivity index (χ0) is 10.6. The van der Waals surface area contributed by atoms with Crippen LogP contribution in [0.2, 0.25) is 0 Å². The van der Waals surface area contributed by atoms with Crippen molar-refractivity contribution in [2.24, 2.45) is 0 Å². The van der Waals surface area contributed by atoms with Crippen LogP contribution in [0.5, 0.6) is 11.5 Å². The summed E-state index contributed by atoms with van der Waals surface area (Å²) >= 11 is 0. The van der Waals surface area contributed by atoms with E-state index in [0.717, 1.165) is 0 Å². The summed E-state index contributed by atoms with van der Waals surface area (Å²) in [6.45, 7) is 1.31. The highest BCUT2D eigenvalue weighted by molar-refractivity contribution is 5.80. The van der Waals surface area contributed by atoms with Gasteiger partial charge in [0.05, 0.1) is 12.7 Å². The van der Waals surface area contributed by atoms with Gasteiger partial charge in [0.2, 0.25) is 0 Å².